The van der Waals surface area contributed by atoms with Crippen LogP contribution in [-0.4, -0.2) is 20.2 Å². The highest BCUT2D eigenvalue weighted by molar-refractivity contribution is 7.89. The molecule has 3 aromatic carbocycles. The van der Waals surface area contributed by atoms with Gasteiger partial charge in [0.05, 0.1) is 22.6 Å². The summed E-state index contributed by atoms with van der Waals surface area (Å²) in [6, 6.07) is 19.1. The van der Waals surface area contributed by atoms with Crippen molar-refractivity contribution in [2.75, 3.05) is 10.6 Å². The minimum Gasteiger partial charge on any atom is -0.325 e. The van der Waals surface area contributed by atoms with Gasteiger partial charge in [-0.3, -0.25) is 9.59 Å². The number of hydrogen-bond acceptors (Lipinski definition) is 4. The van der Waals surface area contributed by atoms with Gasteiger partial charge in [-0.1, -0.05) is 41.9 Å². The van der Waals surface area contributed by atoms with Crippen molar-refractivity contribution in [3.05, 3.63) is 88.9 Å². The molecule has 7 nitrogen and oxygen atoms in total. The van der Waals surface area contributed by atoms with Crippen LogP contribution in [0.5, 0.6) is 0 Å². The van der Waals surface area contributed by atoms with E-state index in [1.165, 1.54) is 30.3 Å². The third-order valence-corrected chi connectivity index (χ3v) is 5.31. The minimum absolute atomic E-state index is 0.0721. The highest BCUT2D eigenvalue weighted by Gasteiger charge is 2.16. The van der Waals surface area contributed by atoms with Gasteiger partial charge in [-0.05, 0) is 48.0 Å². The molecule has 154 valence electrons. The second-order valence-corrected chi connectivity index (χ2v) is 8.42. The topological polar surface area (TPSA) is 118 Å². The number of amides is 2. The van der Waals surface area contributed by atoms with E-state index in [-0.39, 0.29) is 22.8 Å². The molecule has 3 rings (SSSR count). The first-order chi connectivity index (χ1) is 14.2. The molecule has 0 bridgehead atoms. The highest BCUT2D eigenvalue weighted by atomic mass is 35.5. The van der Waals surface area contributed by atoms with Gasteiger partial charge < -0.3 is 10.6 Å². The average Bonchev–Trinajstić information content (AvgIpc) is 2.69. The Morgan fingerprint density at radius 1 is 0.900 bits per heavy atom. The maximum Gasteiger partial charge on any atom is 0.257 e. The lowest BCUT2D eigenvalue weighted by atomic mass is 10.1. The van der Waals surface area contributed by atoms with E-state index < -0.39 is 15.9 Å². The van der Waals surface area contributed by atoms with Gasteiger partial charge >= 0.3 is 0 Å². The Hall–Kier alpha value is -3.20. The molecular formula is C21H18ClN3O4S. The molecule has 0 unspecified atom stereocenters. The van der Waals surface area contributed by atoms with Crippen LogP contribution in [0.1, 0.15) is 15.9 Å². The Morgan fingerprint density at radius 3 is 2.20 bits per heavy atom. The number of anilines is 2. The van der Waals surface area contributed by atoms with Crippen molar-refractivity contribution in [1.82, 2.24) is 0 Å². The van der Waals surface area contributed by atoms with Crippen LogP contribution in [0.15, 0.2) is 77.7 Å². The summed E-state index contributed by atoms with van der Waals surface area (Å²) in [5, 5.41) is 10.8. The Labute approximate surface area is 178 Å². The van der Waals surface area contributed by atoms with Gasteiger partial charge in [0.1, 0.15) is 0 Å². The first kappa shape index (κ1) is 21.5. The lowest BCUT2D eigenvalue weighted by Gasteiger charge is -2.12. The molecule has 2 amide bonds. The molecule has 0 fully saturated rings. The third-order valence-electron chi connectivity index (χ3n) is 4.15. The molecule has 9 heteroatoms. The number of hydrogen-bond donors (Lipinski definition) is 3. The predicted octanol–water partition coefficient (Wildman–Crippen LogP) is 3.42. The van der Waals surface area contributed by atoms with Crippen molar-refractivity contribution >= 4 is 44.8 Å². The van der Waals surface area contributed by atoms with E-state index in [9.17, 15) is 18.0 Å². The highest BCUT2D eigenvalue weighted by Crippen LogP contribution is 2.23. The quantitative estimate of drug-likeness (QED) is 0.540. The fourth-order valence-electron chi connectivity index (χ4n) is 2.72. The number of carbonyl (C=O) groups is 2. The van der Waals surface area contributed by atoms with Crippen LogP contribution >= 0.6 is 11.6 Å². The number of nitrogens with two attached hydrogens (primary N) is 1. The zero-order chi connectivity index (χ0) is 21.7. The molecule has 0 atom stereocenters. The number of halogens is 1. The smallest absolute Gasteiger partial charge is 0.257 e. The van der Waals surface area contributed by atoms with Crippen molar-refractivity contribution in [3.8, 4) is 0 Å². The van der Waals surface area contributed by atoms with E-state index in [0.29, 0.717) is 16.4 Å². The minimum atomic E-state index is -3.83. The number of rotatable bonds is 6. The second-order valence-electron chi connectivity index (χ2n) is 6.42. The Balaban J connectivity index is 1.77. The van der Waals surface area contributed by atoms with E-state index >= 15 is 0 Å². The third kappa shape index (κ3) is 5.66. The first-order valence-electron chi connectivity index (χ1n) is 8.80. The first-order valence-corrected chi connectivity index (χ1v) is 10.7. The molecule has 0 aliphatic rings. The molecule has 0 aromatic heterocycles. The molecule has 30 heavy (non-hydrogen) atoms. The molecular weight excluding hydrogens is 426 g/mol. The molecule has 0 heterocycles. The summed E-state index contributed by atoms with van der Waals surface area (Å²) in [6.45, 7) is 0. The van der Waals surface area contributed by atoms with Crippen LogP contribution in [0.2, 0.25) is 5.02 Å². The lowest BCUT2D eigenvalue weighted by Crippen LogP contribution is -2.19. The number of sulfonamides is 1. The van der Waals surface area contributed by atoms with Crippen LogP contribution in [0.25, 0.3) is 0 Å². The van der Waals surface area contributed by atoms with Gasteiger partial charge in [0.15, 0.2) is 0 Å². The predicted molar refractivity (Wildman–Crippen MR) is 116 cm³/mol. The summed E-state index contributed by atoms with van der Waals surface area (Å²) in [7, 11) is -3.83. The second kappa shape index (κ2) is 9.08. The van der Waals surface area contributed by atoms with Crippen LogP contribution in [0.4, 0.5) is 11.4 Å². The summed E-state index contributed by atoms with van der Waals surface area (Å²) >= 11 is 6.03. The van der Waals surface area contributed by atoms with E-state index in [1.54, 1.807) is 12.1 Å². The van der Waals surface area contributed by atoms with E-state index in [2.05, 4.69) is 10.6 Å². The SMILES string of the molecule is NS(=O)(=O)c1ccc(NC(=O)c2cc(Cl)ccc2NC(=O)Cc2ccccc2)cc1. The van der Waals surface area contributed by atoms with Crippen molar-refractivity contribution in [2.24, 2.45) is 5.14 Å². The molecule has 0 radical (unpaired) electrons. The van der Waals surface area contributed by atoms with Crippen molar-refractivity contribution < 1.29 is 18.0 Å². The Kier molecular flexibility index (Phi) is 6.51. The summed E-state index contributed by atoms with van der Waals surface area (Å²) in [4.78, 5) is 25.1. The Bertz CT molecular complexity index is 1180. The van der Waals surface area contributed by atoms with Crippen molar-refractivity contribution in [3.63, 3.8) is 0 Å². The standard InChI is InChI=1S/C21H18ClN3O4S/c22-15-6-11-19(25-20(26)12-14-4-2-1-3-5-14)18(13-15)21(27)24-16-7-9-17(10-8-16)30(23,28)29/h1-11,13H,12H2,(H,24,27)(H,25,26)(H2,23,28,29). The fraction of sp³-hybridized carbons (Fsp3) is 0.0476. The summed E-state index contributed by atoms with van der Waals surface area (Å²) < 4.78 is 22.7. The maximum atomic E-state index is 12.7. The van der Waals surface area contributed by atoms with Gasteiger partial charge in [-0.15, -0.1) is 0 Å². The van der Waals surface area contributed by atoms with Crippen molar-refractivity contribution in [1.29, 1.82) is 0 Å². The van der Waals surface area contributed by atoms with Gasteiger partial charge in [0.25, 0.3) is 5.91 Å². The maximum absolute atomic E-state index is 12.7. The Morgan fingerprint density at radius 2 is 1.57 bits per heavy atom. The van der Waals surface area contributed by atoms with Crippen LogP contribution in [0, 0.1) is 0 Å². The zero-order valence-corrected chi connectivity index (χ0v) is 17.2. The normalized spacial score (nSPS) is 11.0. The fourth-order valence-corrected chi connectivity index (χ4v) is 3.40. The van der Waals surface area contributed by atoms with E-state index in [4.69, 9.17) is 16.7 Å². The molecule has 0 spiro atoms. The molecule has 4 N–H and O–H groups in total. The largest absolute Gasteiger partial charge is 0.325 e. The number of nitrogens with one attached hydrogen (secondary N) is 2. The molecule has 0 saturated carbocycles. The monoisotopic (exact) mass is 443 g/mol. The van der Waals surface area contributed by atoms with Gasteiger partial charge in [-0.25, -0.2) is 13.6 Å². The lowest BCUT2D eigenvalue weighted by molar-refractivity contribution is -0.115. The molecule has 0 aliphatic carbocycles. The van der Waals surface area contributed by atoms with Gasteiger partial charge in [0.2, 0.25) is 15.9 Å². The summed E-state index contributed by atoms with van der Waals surface area (Å²) in [6.07, 6.45) is 0.152. The van der Waals surface area contributed by atoms with E-state index in [0.717, 1.165) is 5.56 Å². The number of primary sulfonamides is 1. The summed E-state index contributed by atoms with van der Waals surface area (Å²) in [5.74, 6) is -0.800. The van der Waals surface area contributed by atoms with Gasteiger partial charge in [-0.2, -0.15) is 0 Å². The molecule has 3 aromatic rings. The summed E-state index contributed by atoms with van der Waals surface area (Å²) in [5.41, 5.74) is 1.66. The van der Waals surface area contributed by atoms with E-state index in [1.807, 2.05) is 30.3 Å². The van der Waals surface area contributed by atoms with Crippen LogP contribution in [-0.2, 0) is 21.2 Å². The average molecular weight is 444 g/mol. The van der Waals surface area contributed by atoms with Gasteiger partial charge in [0, 0.05) is 10.7 Å². The van der Waals surface area contributed by atoms with Crippen LogP contribution < -0.4 is 15.8 Å². The number of benzene rings is 3. The molecule has 0 saturated heterocycles. The zero-order valence-electron chi connectivity index (χ0n) is 15.6. The number of carbonyl (C=O) groups excluding carboxylic acids is 2. The van der Waals surface area contributed by atoms with Crippen LogP contribution in [0.3, 0.4) is 0 Å². The molecule has 0 aliphatic heterocycles. The van der Waals surface area contributed by atoms with Crippen molar-refractivity contribution in [2.45, 2.75) is 11.3 Å².